The highest BCUT2D eigenvalue weighted by Gasteiger charge is 2.39. The van der Waals surface area contributed by atoms with Crippen LogP contribution in [0, 0.1) is 5.41 Å². The van der Waals surface area contributed by atoms with Crippen LogP contribution >= 0.6 is 0 Å². The molecule has 0 radical (unpaired) electrons. The maximum atomic E-state index is 6.00. The van der Waals surface area contributed by atoms with Gasteiger partial charge in [-0.3, -0.25) is 4.90 Å². The lowest BCUT2D eigenvalue weighted by Gasteiger charge is -2.45. The van der Waals surface area contributed by atoms with Crippen molar-refractivity contribution in [2.75, 3.05) is 19.7 Å². The van der Waals surface area contributed by atoms with Gasteiger partial charge in [0, 0.05) is 25.2 Å². The van der Waals surface area contributed by atoms with Crippen LogP contribution in [0.1, 0.15) is 58.3 Å². The third kappa shape index (κ3) is 2.98. The number of hydrogen-bond acceptors (Lipinski definition) is 3. The molecule has 2 aliphatic carbocycles. The molecule has 110 valence electrons. The smallest absolute Gasteiger partial charge is 0.0850 e. The Morgan fingerprint density at radius 1 is 1.16 bits per heavy atom. The average Bonchev–Trinajstić information content (AvgIpc) is 2.88. The highest BCUT2D eigenvalue weighted by atomic mass is 16.5. The summed E-state index contributed by atoms with van der Waals surface area (Å²) in [5, 5.41) is 0. The van der Waals surface area contributed by atoms with Crippen LogP contribution in [0.4, 0.5) is 0 Å². The Morgan fingerprint density at radius 3 is 2.47 bits per heavy atom. The van der Waals surface area contributed by atoms with Crippen LogP contribution in [0.2, 0.25) is 0 Å². The minimum Gasteiger partial charge on any atom is -0.374 e. The molecule has 1 saturated heterocycles. The first kappa shape index (κ1) is 13.8. The maximum Gasteiger partial charge on any atom is 0.0850 e. The van der Waals surface area contributed by atoms with Gasteiger partial charge in [-0.1, -0.05) is 12.8 Å². The zero-order valence-electron chi connectivity index (χ0n) is 12.4. The number of ether oxygens (including phenoxy) is 1. The summed E-state index contributed by atoms with van der Waals surface area (Å²) in [4.78, 5) is 2.67. The zero-order chi connectivity index (χ0) is 13.3. The molecule has 2 saturated carbocycles. The number of nitrogens with zero attached hydrogens (tertiary/aromatic N) is 1. The van der Waals surface area contributed by atoms with Crippen molar-refractivity contribution in [2.24, 2.45) is 11.1 Å². The van der Waals surface area contributed by atoms with Gasteiger partial charge in [0.15, 0.2) is 0 Å². The van der Waals surface area contributed by atoms with Crippen LogP contribution in [-0.2, 0) is 4.74 Å². The van der Waals surface area contributed by atoms with Crippen LogP contribution in [0.5, 0.6) is 0 Å². The lowest BCUT2D eigenvalue weighted by molar-refractivity contribution is -0.0612. The van der Waals surface area contributed by atoms with E-state index in [9.17, 15) is 0 Å². The van der Waals surface area contributed by atoms with E-state index >= 15 is 0 Å². The zero-order valence-corrected chi connectivity index (χ0v) is 12.4. The molecule has 0 aromatic carbocycles. The summed E-state index contributed by atoms with van der Waals surface area (Å²) in [6, 6.07) is 0.962. The fourth-order valence-electron chi connectivity index (χ4n) is 4.55. The van der Waals surface area contributed by atoms with Gasteiger partial charge in [-0.25, -0.2) is 0 Å². The molecule has 0 amide bonds. The van der Waals surface area contributed by atoms with Crippen LogP contribution in [0.3, 0.4) is 0 Å². The minimum absolute atomic E-state index is 0.160. The van der Waals surface area contributed by atoms with Crippen molar-refractivity contribution in [2.45, 2.75) is 76.5 Å². The third-order valence-corrected chi connectivity index (χ3v) is 5.91. The van der Waals surface area contributed by atoms with Gasteiger partial charge in [0.05, 0.1) is 12.7 Å². The van der Waals surface area contributed by atoms with Gasteiger partial charge in [-0.15, -0.1) is 0 Å². The van der Waals surface area contributed by atoms with Gasteiger partial charge in [-0.2, -0.15) is 0 Å². The van der Waals surface area contributed by atoms with Crippen molar-refractivity contribution in [1.29, 1.82) is 0 Å². The molecule has 3 aliphatic rings. The van der Waals surface area contributed by atoms with E-state index in [4.69, 9.17) is 10.5 Å². The molecule has 19 heavy (non-hydrogen) atoms. The fraction of sp³-hybridized carbons (Fsp3) is 1.00. The molecule has 1 heterocycles. The highest BCUT2D eigenvalue weighted by molar-refractivity contribution is 4.93. The first-order chi connectivity index (χ1) is 9.19. The van der Waals surface area contributed by atoms with E-state index in [0.29, 0.717) is 0 Å². The van der Waals surface area contributed by atoms with E-state index in [1.54, 1.807) is 0 Å². The topological polar surface area (TPSA) is 38.5 Å². The molecule has 3 heteroatoms. The quantitative estimate of drug-likeness (QED) is 0.835. The lowest BCUT2D eigenvalue weighted by Crippen LogP contribution is -2.53. The van der Waals surface area contributed by atoms with Gasteiger partial charge >= 0.3 is 0 Å². The van der Waals surface area contributed by atoms with Crippen molar-refractivity contribution in [1.82, 2.24) is 4.90 Å². The largest absolute Gasteiger partial charge is 0.374 e. The fourth-order valence-corrected chi connectivity index (χ4v) is 4.55. The molecular formula is C16H30N2O. The van der Waals surface area contributed by atoms with E-state index in [2.05, 4.69) is 11.8 Å². The van der Waals surface area contributed by atoms with Crippen molar-refractivity contribution < 1.29 is 4.74 Å². The lowest BCUT2D eigenvalue weighted by atomic mass is 9.71. The Bertz CT molecular complexity index is 289. The Kier molecular flexibility index (Phi) is 4.16. The van der Waals surface area contributed by atoms with E-state index in [-0.39, 0.29) is 12.1 Å². The minimum atomic E-state index is 0.160. The number of nitrogens with two attached hydrogens (primary N) is 1. The van der Waals surface area contributed by atoms with Crippen molar-refractivity contribution >= 4 is 0 Å². The average molecular weight is 266 g/mol. The summed E-state index contributed by atoms with van der Waals surface area (Å²) in [6.07, 6.45) is 12.0. The second-order valence-electron chi connectivity index (χ2n) is 7.20. The number of morpholine rings is 1. The summed E-state index contributed by atoms with van der Waals surface area (Å²) in [5.41, 5.74) is 6.75. The van der Waals surface area contributed by atoms with Crippen LogP contribution in [-0.4, -0.2) is 42.8 Å². The van der Waals surface area contributed by atoms with Crippen LogP contribution in [0.25, 0.3) is 0 Å². The molecule has 0 aromatic heterocycles. The Morgan fingerprint density at radius 2 is 1.84 bits per heavy atom. The normalized spacial score (nSPS) is 34.7. The van der Waals surface area contributed by atoms with Crippen LogP contribution in [0.15, 0.2) is 0 Å². The Balaban J connectivity index is 1.53. The first-order valence-electron chi connectivity index (χ1n) is 8.30. The van der Waals surface area contributed by atoms with E-state index in [1.165, 1.54) is 51.4 Å². The predicted octanol–water partition coefficient (Wildman–Crippen LogP) is 2.54. The molecule has 1 spiro atoms. The summed E-state index contributed by atoms with van der Waals surface area (Å²) in [6.45, 7) is 5.10. The molecular weight excluding hydrogens is 236 g/mol. The summed E-state index contributed by atoms with van der Waals surface area (Å²) in [5.74, 6) is 0. The number of rotatable bonds is 2. The van der Waals surface area contributed by atoms with E-state index in [1.807, 2.05) is 0 Å². The van der Waals surface area contributed by atoms with Gasteiger partial charge < -0.3 is 10.5 Å². The second-order valence-corrected chi connectivity index (χ2v) is 7.20. The maximum absolute atomic E-state index is 6.00. The van der Waals surface area contributed by atoms with Gasteiger partial charge in [0.25, 0.3) is 0 Å². The standard InChI is InChI=1S/C16H30N2O/c1-13(17)15-12-18(10-11-19-15)14-4-8-16(9-5-14)6-2-3-7-16/h13-15H,2-12,17H2,1H3. The van der Waals surface area contributed by atoms with Crippen molar-refractivity contribution in [3.8, 4) is 0 Å². The Hall–Kier alpha value is -0.120. The van der Waals surface area contributed by atoms with E-state index in [0.717, 1.165) is 31.2 Å². The molecule has 3 rings (SSSR count). The highest BCUT2D eigenvalue weighted by Crippen LogP contribution is 2.49. The third-order valence-electron chi connectivity index (χ3n) is 5.91. The van der Waals surface area contributed by atoms with Crippen molar-refractivity contribution in [3.63, 3.8) is 0 Å². The van der Waals surface area contributed by atoms with Crippen molar-refractivity contribution in [3.05, 3.63) is 0 Å². The van der Waals surface area contributed by atoms with Gasteiger partial charge in [-0.05, 0) is 50.9 Å². The second kappa shape index (κ2) is 5.71. The monoisotopic (exact) mass is 266 g/mol. The summed E-state index contributed by atoms with van der Waals surface area (Å²) in [7, 11) is 0. The summed E-state index contributed by atoms with van der Waals surface area (Å²) < 4.78 is 5.79. The SMILES string of the molecule is CC(N)C1CN(C2CCC3(CCCC3)CC2)CCO1. The molecule has 3 fully saturated rings. The molecule has 1 aliphatic heterocycles. The molecule has 2 N–H and O–H groups in total. The molecule has 0 bridgehead atoms. The van der Waals surface area contributed by atoms with Crippen LogP contribution < -0.4 is 5.73 Å². The summed E-state index contributed by atoms with van der Waals surface area (Å²) >= 11 is 0. The first-order valence-corrected chi connectivity index (χ1v) is 8.30. The number of hydrogen-bond donors (Lipinski definition) is 1. The van der Waals surface area contributed by atoms with Gasteiger partial charge in [0.1, 0.15) is 0 Å². The van der Waals surface area contributed by atoms with Gasteiger partial charge in [0.2, 0.25) is 0 Å². The molecule has 2 unspecified atom stereocenters. The van der Waals surface area contributed by atoms with E-state index < -0.39 is 0 Å². The molecule has 0 aromatic rings. The Labute approximate surface area is 117 Å². The molecule has 2 atom stereocenters. The molecule has 3 nitrogen and oxygen atoms in total. The predicted molar refractivity (Wildman–Crippen MR) is 78.1 cm³/mol.